The molecule has 100 valence electrons. The Balaban J connectivity index is 2.53. The van der Waals surface area contributed by atoms with Crippen LogP contribution in [0.25, 0.3) is 0 Å². The number of aliphatic hydroxyl groups is 1. The van der Waals surface area contributed by atoms with Crippen LogP contribution in [0.3, 0.4) is 0 Å². The minimum absolute atomic E-state index is 0.0787. The number of rotatable bonds is 6. The molecular formula is C13H18BrNO2S. The highest BCUT2D eigenvalue weighted by atomic mass is 79.9. The number of benzene rings is 1. The molecule has 0 saturated heterocycles. The van der Waals surface area contributed by atoms with E-state index in [4.69, 9.17) is 0 Å². The van der Waals surface area contributed by atoms with E-state index in [1.807, 2.05) is 25.3 Å². The van der Waals surface area contributed by atoms with Gasteiger partial charge in [0.05, 0.1) is 0 Å². The van der Waals surface area contributed by atoms with Crippen LogP contribution >= 0.6 is 27.7 Å². The third kappa shape index (κ3) is 5.00. The maximum Gasteiger partial charge on any atom is 0.253 e. The molecule has 0 heterocycles. The van der Waals surface area contributed by atoms with Crippen molar-refractivity contribution in [2.75, 3.05) is 12.0 Å². The molecule has 0 fully saturated rings. The zero-order valence-corrected chi connectivity index (χ0v) is 12.9. The lowest BCUT2D eigenvalue weighted by atomic mass is 10.1. The van der Waals surface area contributed by atoms with Crippen LogP contribution in [0, 0.1) is 0 Å². The van der Waals surface area contributed by atoms with Crippen LogP contribution in [0.2, 0.25) is 0 Å². The third-order valence-electron chi connectivity index (χ3n) is 2.58. The summed E-state index contributed by atoms with van der Waals surface area (Å²) >= 11 is 5.06. The molecule has 1 aromatic carbocycles. The van der Waals surface area contributed by atoms with E-state index in [1.54, 1.807) is 23.9 Å². The van der Waals surface area contributed by atoms with E-state index in [9.17, 15) is 9.90 Å². The van der Waals surface area contributed by atoms with E-state index < -0.39 is 6.10 Å². The lowest BCUT2D eigenvalue weighted by Crippen LogP contribution is -2.36. The summed E-state index contributed by atoms with van der Waals surface area (Å²) < 4.78 is 0.923. The molecule has 2 atom stereocenters. The van der Waals surface area contributed by atoms with Gasteiger partial charge in [-0.1, -0.05) is 28.1 Å². The first-order valence-electron chi connectivity index (χ1n) is 5.77. The second kappa shape index (κ2) is 7.81. The van der Waals surface area contributed by atoms with Gasteiger partial charge in [-0.25, -0.2) is 0 Å². The summed E-state index contributed by atoms with van der Waals surface area (Å²) in [6.45, 7) is 1.95. The summed E-state index contributed by atoms with van der Waals surface area (Å²) in [6, 6.07) is 7.17. The monoisotopic (exact) mass is 331 g/mol. The lowest BCUT2D eigenvalue weighted by molar-refractivity contribution is -0.130. The van der Waals surface area contributed by atoms with Crippen LogP contribution in [-0.2, 0) is 4.79 Å². The molecule has 0 saturated carbocycles. The van der Waals surface area contributed by atoms with Crippen LogP contribution in [0.15, 0.2) is 28.7 Å². The van der Waals surface area contributed by atoms with Crippen molar-refractivity contribution >= 4 is 33.6 Å². The fraction of sp³-hybridized carbons (Fsp3) is 0.462. The molecule has 0 aliphatic heterocycles. The number of nitrogens with one attached hydrogen (secondary N) is 1. The summed E-state index contributed by atoms with van der Waals surface area (Å²) in [4.78, 5) is 11.8. The minimum Gasteiger partial charge on any atom is -0.378 e. The average molecular weight is 332 g/mol. The summed E-state index contributed by atoms with van der Waals surface area (Å²) in [5.74, 6) is 0.654. The zero-order chi connectivity index (χ0) is 13.5. The predicted octanol–water partition coefficient (Wildman–Crippen LogP) is 2.74. The number of halogens is 1. The summed E-state index contributed by atoms with van der Waals surface area (Å²) in [6.07, 6.45) is 1.83. The molecule has 0 spiro atoms. The van der Waals surface area contributed by atoms with E-state index in [2.05, 4.69) is 21.2 Å². The average Bonchev–Trinajstić information content (AvgIpc) is 2.36. The van der Waals surface area contributed by atoms with Gasteiger partial charge in [-0.15, -0.1) is 0 Å². The molecule has 0 radical (unpaired) electrons. The summed E-state index contributed by atoms with van der Waals surface area (Å²) in [5.41, 5.74) is 0.604. The Hall–Kier alpha value is -0.520. The van der Waals surface area contributed by atoms with Crippen molar-refractivity contribution in [1.29, 1.82) is 0 Å². The minimum atomic E-state index is -1.10. The van der Waals surface area contributed by atoms with Crippen LogP contribution in [0.5, 0.6) is 0 Å². The Kier molecular flexibility index (Phi) is 6.75. The summed E-state index contributed by atoms with van der Waals surface area (Å²) in [5, 5.41) is 12.7. The molecule has 1 amide bonds. The van der Waals surface area contributed by atoms with E-state index in [-0.39, 0.29) is 11.9 Å². The van der Waals surface area contributed by atoms with Crippen molar-refractivity contribution in [3.63, 3.8) is 0 Å². The molecule has 18 heavy (non-hydrogen) atoms. The first kappa shape index (κ1) is 15.5. The highest BCUT2D eigenvalue weighted by Crippen LogP contribution is 2.17. The topological polar surface area (TPSA) is 49.3 Å². The van der Waals surface area contributed by atoms with E-state index in [1.165, 1.54) is 0 Å². The molecule has 0 bridgehead atoms. The van der Waals surface area contributed by atoms with Gasteiger partial charge in [-0.05, 0) is 43.0 Å². The zero-order valence-electron chi connectivity index (χ0n) is 10.5. The lowest BCUT2D eigenvalue weighted by Gasteiger charge is -2.16. The Morgan fingerprint density at radius 1 is 1.44 bits per heavy atom. The van der Waals surface area contributed by atoms with Gasteiger partial charge in [-0.3, -0.25) is 4.79 Å². The highest BCUT2D eigenvalue weighted by Gasteiger charge is 2.18. The number of amides is 1. The van der Waals surface area contributed by atoms with Gasteiger partial charge in [0.1, 0.15) is 0 Å². The third-order valence-corrected chi connectivity index (χ3v) is 3.75. The van der Waals surface area contributed by atoms with Crippen molar-refractivity contribution in [2.45, 2.75) is 25.5 Å². The Morgan fingerprint density at radius 2 is 2.06 bits per heavy atom. The number of hydrogen-bond donors (Lipinski definition) is 2. The van der Waals surface area contributed by atoms with E-state index >= 15 is 0 Å². The van der Waals surface area contributed by atoms with Crippen molar-refractivity contribution in [2.24, 2.45) is 0 Å². The second-order valence-corrected chi connectivity index (χ2v) is 6.05. The smallest absolute Gasteiger partial charge is 0.253 e. The fourth-order valence-electron chi connectivity index (χ4n) is 1.49. The van der Waals surface area contributed by atoms with Crippen molar-refractivity contribution in [3.05, 3.63) is 34.3 Å². The van der Waals surface area contributed by atoms with Crippen LogP contribution in [0.1, 0.15) is 25.0 Å². The van der Waals surface area contributed by atoms with Gasteiger partial charge in [0.15, 0.2) is 6.10 Å². The van der Waals surface area contributed by atoms with E-state index in [0.29, 0.717) is 5.56 Å². The van der Waals surface area contributed by atoms with Crippen LogP contribution in [0.4, 0.5) is 0 Å². The van der Waals surface area contributed by atoms with Gasteiger partial charge in [0, 0.05) is 10.5 Å². The van der Waals surface area contributed by atoms with Gasteiger partial charge in [0.25, 0.3) is 5.91 Å². The number of carbonyl (C=O) groups is 1. The molecular weight excluding hydrogens is 314 g/mol. The molecule has 5 heteroatoms. The molecule has 1 rings (SSSR count). The van der Waals surface area contributed by atoms with Crippen LogP contribution in [-0.4, -0.2) is 29.1 Å². The largest absolute Gasteiger partial charge is 0.378 e. The van der Waals surface area contributed by atoms with Gasteiger partial charge < -0.3 is 10.4 Å². The first-order valence-corrected chi connectivity index (χ1v) is 7.96. The Bertz CT molecular complexity index is 383. The fourth-order valence-corrected chi connectivity index (χ4v) is 2.34. The highest BCUT2D eigenvalue weighted by molar-refractivity contribution is 9.10. The Labute approximate surface area is 120 Å². The second-order valence-electron chi connectivity index (χ2n) is 4.15. The number of hydrogen-bond acceptors (Lipinski definition) is 3. The van der Waals surface area contributed by atoms with Crippen molar-refractivity contribution < 1.29 is 9.90 Å². The quantitative estimate of drug-likeness (QED) is 0.842. The number of aliphatic hydroxyl groups excluding tert-OH is 1. The normalized spacial score (nSPS) is 14.0. The van der Waals surface area contributed by atoms with Gasteiger partial charge >= 0.3 is 0 Å². The summed E-state index contributed by atoms with van der Waals surface area (Å²) in [7, 11) is 0. The molecule has 0 aliphatic carbocycles. The van der Waals surface area contributed by atoms with Crippen LogP contribution < -0.4 is 5.32 Å². The molecule has 3 nitrogen and oxygen atoms in total. The first-order chi connectivity index (χ1) is 8.54. The molecule has 0 aliphatic rings. The molecule has 0 aromatic heterocycles. The maximum absolute atomic E-state index is 11.8. The van der Waals surface area contributed by atoms with Gasteiger partial charge in [-0.2, -0.15) is 11.8 Å². The van der Waals surface area contributed by atoms with E-state index in [0.717, 1.165) is 16.6 Å². The van der Waals surface area contributed by atoms with Crippen molar-refractivity contribution in [1.82, 2.24) is 5.32 Å². The predicted molar refractivity (Wildman–Crippen MR) is 79.7 cm³/mol. The number of carbonyl (C=O) groups excluding carboxylic acids is 1. The SMILES string of the molecule is CSCCC(C)NC(=O)C(O)c1ccc(Br)cc1. The standard InChI is InChI=1S/C13H18BrNO2S/c1-9(7-8-18-2)15-13(17)12(16)10-3-5-11(14)6-4-10/h3-6,9,12,16H,7-8H2,1-2H3,(H,15,17). The molecule has 2 N–H and O–H groups in total. The number of thioether (sulfide) groups is 1. The maximum atomic E-state index is 11.8. The van der Waals surface area contributed by atoms with Gasteiger partial charge in [0.2, 0.25) is 0 Å². The molecule has 2 unspecified atom stereocenters. The Morgan fingerprint density at radius 3 is 2.61 bits per heavy atom. The van der Waals surface area contributed by atoms with Crippen molar-refractivity contribution in [3.8, 4) is 0 Å². The molecule has 1 aromatic rings.